The summed E-state index contributed by atoms with van der Waals surface area (Å²) in [7, 11) is 1.59. The van der Waals surface area contributed by atoms with Crippen LogP contribution in [-0.2, 0) is 32.1 Å². The summed E-state index contributed by atoms with van der Waals surface area (Å²) in [4.78, 5) is 56.3. The molecule has 2 aromatic carbocycles. The zero-order valence-electron chi connectivity index (χ0n) is 25.2. The number of fused-ring (bicyclic) bond motifs is 1. The summed E-state index contributed by atoms with van der Waals surface area (Å²) in [6.45, 7) is 6.25. The molecule has 1 aromatic heterocycles. The molecule has 230 valence electrons. The molecule has 3 aromatic rings. The van der Waals surface area contributed by atoms with Crippen LogP contribution in [0.5, 0.6) is 5.75 Å². The maximum Gasteiger partial charge on any atom is 0.408 e. The number of nitrogens with zero attached hydrogens (tertiary/aromatic N) is 1. The fourth-order valence-electron chi connectivity index (χ4n) is 5.07. The predicted octanol–water partition coefficient (Wildman–Crippen LogP) is 3.28. The number of piperidine rings is 1. The maximum atomic E-state index is 13.7. The SMILES string of the molecule is COc1ccc(CNC(=O)CNC(=O)C2CCN(C(=O)[C@H](Cc3c[nH]c4ccccc34)NC(=O)OC(C)(C)C)CC2)cc1. The molecule has 0 aliphatic carbocycles. The van der Waals surface area contributed by atoms with Crippen molar-refractivity contribution in [3.8, 4) is 5.75 Å². The number of aromatic nitrogens is 1. The number of methoxy groups -OCH3 is 1. The molecule has 1 fully saturated rings. The van der Waals surface area contributed by atoms with Crippen LogP contribution in [0.2, 0.25) is 0 Å². The van der Waals surface area contributed by atoms with E-state index in [0.717, 1.165) is 27.8 Å². The molecule has 2 heterocycles. The van der Waals surface area contributed by atoms with Gasteiger partial charge >= 0.3 is 6.09 Å². The van der Waals surface area contributed by atoms with Crippen molar-refractivity contribution in [1.82, 2.24) is 25.8 Å². The van der Waals surface area contributed by atoms with Gasteiger partial charge in [-0.15, -0.1) is 0 Å². The first-order valence-electron chi connectivity index (χ1n) is 14.5. The number of alkyl carbamates (subject to hydrolysis) is 1. The number of hydrogen-bond donors (Lipinski definition) is 4. The quantitative estimate of drug-likeness (QED) is 0.285. The third kappa shape index (κ3) is 8.97. The number of carbonyl (C=O) groups is 4. The number of nitrogens with one attached hydrogen (secondary N) is 4. The van der Waals surface area contributed by atoms with Gasteiger partial charge in [-0.3, -0.25) is 14.4 Å². The number of H-pyrrole nitrogens is 1. The highest BCUT2D eigenvalue weighted by Gasteiger charge is 2.33. The lowest BCUT2D eigenvalue weighted by molar-refractivity contribution is -0.137. The number of rotatable bonds is 10. The van der Waals surface area contributed by atoms with Crippen molar-refractivity contribution in [2.45, 2.75) is 58.2 Å². The second-order valence-corrected chi connectivity index (χ2v) is 11.7. The lowest BCUT2D eigenvalue weighted by atomic mass is 9.94. The highest BCUT2D eigenvalue weighted by Crippen LogP contribution is 2.22. The van der Waals surface area contributed by atoms with Crippen molar-refractivity contribution in [1.29, 1.82) is 0 Å². The molecular formula is C32H41N5O6. The van der Waals surface area contributed by atoms with Crippen molar-refractivity contribution in [3.63, 3.8) is 0 Å². The van der Waals surface area contributed by atoms with E-state index in [1.807, 2.05) is 54.7 Å². The minimum atomic E-state index is -0.839. The molecule has 0 spiro atoms. The molecule has 43 heavy (non-hydrogen) atoms. The first-order valence-corrected chi connectivity index (χ1v) is 14.5. The lowest BCUT2D eigenvalue weighted by Crippen LogP contribution is -2.53. The fraction of sp³-hybridized carbons (Fsp3) is 0.438. The summed E-state index contributed by atoms with van der Waals surface area (Å²) in [5.74, 6) is -0.310. The molecule has 0 saturated carbocycles. The number of likely N-dealkylation sites (tertiary alicyclic amines) is 1. The van der Waals surface area contributed by atoms with Crippen LogP contribution < -0.4 is 20.7 Å². The molecule has 1 aliphatic heterocycles. The van der Waals surface area contributed by atoms with E-state index in [2.05, 4.69) is 20.9 Å². The molecule has 4 amide bonds. The Morgan fingerprint density at radius 3 is 2.37 bits per heavy atom. The molecule has 11 nitrogen and oxygen atoms in total. The Morgan fingerprint density at radius 2 is 1.70 bits per heavy atom. The normalized spacial score (nSPS) is 14.6. The summed E-state index contributed by atoms with van der Waals surface area (Å²) in [6.07, 6.45) is 2.39. The second kappa shape index (κ2) is 14.1. The Labute approximate surface area is 251 Å². The van der Waals surface area contributed by atoms with E-state index in [4.69, 9.17) is 9.47 Å². The van der Waals surface area contributed by atoms with Gasteiger partial charge in [0, 0.05) is 49.1 Å². The highest BCUT2D eigenvalue weighted by molar-refractivity contribution is 5.89. The van der Waals surface area contributed by atoms with Crippen molar-refractivity contribution in [2.75, 3.05) is 26.7 Å². The van der Waals surface area contributed by atoms with Crippen LogP contribution in [-0.4, -0.2) is 72.1 Å². The summed E-state index contributed by atoms with van der Waals surface area (Å²) in [5.41, 5.74) is 2.06. The fourth-order valence-corrected chi connectivity index (χ4v) is 5.07. The second-order valence-electron chi connectivity index (χ2n) is 11.7. The van der Waals surface area contributed by atoms with Crippen molar-refractivity contribution in [2.24, 2.45) is 5.92 Å². The Balaban J connectivity index is 1.29. The van der Waals surface area contributed by atoms with Crippen LogP contribution in [0.25, 0.3) is 10.9 Å². The monoisotopic (exact) mass is 591 g/mol. The van der Waals surface area contributed by atoms with Crippen LogP contribution in [0, 0.1) is 5.92 Å². The Kier molecular flexibility index (Phi) is 10.3. The van der Waals surface area contributed by atoms with Crippen molar-refractivity contribution < 1.29 is 28.7 Å². The molecule has 4 N–H and O–H groups in total. The molecule has 0 unspecified atom stereocenters. The van der Waals surface area contributed by atoms with Gasteiger partial charge in [0.1, 0.15) is 17.4 Å². The number of para-hydroxylation sites is 1. The third-order valence-corrected chi connectivity index (χ3v) is 7.34. The van der Waals surface area contributed by atoms with E-state index in [9.17, 15) is 19.2 Å². The van der Waals surface area contributed by atoms with Gasteiger partial charge in [-0.2, -0.15) is 0 Å². The number of aromatic amines is 1. The molecule has 1 atom stereocenters. The minimum Gasteiger partial charge on any atom is -0.497 e. The van der Waals surface area contributed by atoms with Gasteiger partial charge in [-0.25, -0.2) is 4.79 Å². The number of amides is 4. The number of benzene rings is 2. The molecule has 0 bridgehead atoms. The smallest absolute Gasteiger partial charge is 0.408 e. The van der Waals surface area contributed by atoms with Gasteiger partial charge in [0.05, 0.1) is 13.7 Å². The van der Waals surface area contributed by atoms with E-state index in [1.165, 1.54) is 0 Å². The average Bonchev–Trinajstić information content (AvgIpc) is 3.40. The standard InChI is InChI=1S/C32H41N5O6/c1-32(2,3)43-31(41)36-27(17-23-19-33-26-8-6-5-7-25(23)26)30(40)37-15-13-22(14-16-37)29(39)35-20-28(38)34-18-21-9-11-24(42-4)12-10-21/h5-12,19,22,27,33H,13-18,20H2,1-4H3,(H,34,38)(H,35,39)(H,36,41)/t27-/m0/s1. The molecule has 11 heteroatoms. The van der Waals surface area contributed by atoms with Gasteiger partial charge in [-0.05, 0) is 62.9 Å². The summed E-state index contributed by atoms with van der Waals surface area (Å²) >= 11 is 0. The lowest BCUT2D eigenvalue weighted by Gasteiger charge is -2.34. The van der Waals surface area contributed by atoms with E-state index in [0.29, 0.717) is 32.5 Å². The largest absolute Gasteiger partial charge is 0.497 e. The van der Waals surface area contributed by atoms with Crippen LogP contribution >= 0.6 is 0 Å². The van der Waals surface area contributed by atoms with E-state index >= 15 is 0 Å². The van der Waals surface area contributed by atoms with Crippen molar-refractivity contribution >= 4 is 34.7 Å². The highest BCUT2D eigenvalue weighted by atomic mass is 16.6. The predicted molar refractivity (Wildman–Crippen MR) is 162 cm³/mol. The Morgan fingerprint density at radius 1 is 1.00 bits per heavy atom. The van der Waals surface area contributed by atoms with Gasteiger partial charge in [0.25, 0.3) is 0 Å². The van der Waals surface area contributed by atoms with Gasteiger partial charge in [0.2, 0.25) is 17.7 Å². The zero-order chi connectivity index (χ0) is 31.0. The zero-order valence-corrected chi connectivity index (χ0v) is 25.2. The summed E-state index contributed by atoms with van der Waals surface area (Å²) in [5, 5.41) is 9.26. The Bertz CT molecular complexity index is 1420. The van der Waals surface area contributed by atoms with Gasteiger partial charge in [0.15, 0.2) is 0 Å². The maximum absolute atomic E-state index is 13.7. The molecule has 1 aliphatic rings. The molecule has 1 saturated heterocycles. The molecule has 4 rings (SSSR count). The van der Waals surface area contributed by atoms with Gasteiger partial charge < -0.3 is 35.3 Å². The van der Waals surface area contributed by atoms with Crippen molar-refractivity contribution in [3.05, 3.63) is 65.9 Å². The van der Waals surface area contributed by atoms with Crippen LogP contribution in [0.1, 0.15) is 44.7 Å². The summed E-state index contributed by atoms with van der Waals surface area (Å²) in [6, 6.07) is 14.3. The third-order valence-electron chi connectivity index (χ3n) is 7.34. The van der Waals surface area contributed by atoms with Crippen LogP contribution in [0.4, 0.5) is 4.79 Å². The first kappa shape index (κ1) is 31.4. The average molecular weight is 592 g/mol. The van der Waals surface area contributed by atoms with E-state index in [1.54, 1.807) is 32.8 Å². The number of ether oxygens (including phenoxy) is 2. The molecular weight excluding hydrogens is 550 g/mol. The van der Waals surface area contributed by atoms with Crippen LogP contribution in [0.15, 0.2) is 54.7 Å². The summed E-state index contributed by atoms with van der Waals surface area (Å²) < 4.78 is 10.6. The first-order chi connectivity index (χ1) is 20.5. The van der Waals surface area contributed by atoms with Gasteiger partial charge in [-0.1, -0.05) is 30.3 Å². The Hall–Kier alpha value is -4.54. The van der Waals surface area contributed by atoms with Crippen LogP contribution in [0.3, 0.4) is 0 Å². The topological polar surface area (TPSA) is 142 Å². The molecule has 0 radical (unpaired) electrons. The minimum absolute atomic E-state index is 0.124. The number of carbonyl (C=O) groups excluding carboxylic acids is 4. The van der Waals surface area contributed by atoms with E-state index < -0.39 is 17.7 Å². The van der Waals surface area contributed by atoms with E-state index in [-0.39, 0.29) is 36.6 Å². The number of hydrogen-bond acceptors (Lipinski definition) is 6.